The number of fused-ring (bicyclic) bond motifs is 4. The summed E-state index contributed by atoms with van der Waals surface area (Å²) in [6.45, 7) is 30.3. The van der Waals surface area contributed by atoms with Crippen molar-refractivity contribution in [2.75, 3.05) is 116 Å². The van der Waals surface area contributed by atoms with Crippen LogP contribution in [0.2, 0.25) is 5.02 Å². The summed E-state index contributed by atoms with van der Waals surface area (Å²) in [5.41, 5.74) is 14.3. The van der Waals surface area contributed by atoms with E-state index < -0.39 is 0 Å². The first-order valence-corrected chi connectivity index (χ1v) is 35.3. The third kappa shape index (κ3) is 17.8. The van der Waals surface area contributed by atoms with Crippen molar-refractivity contribution in [3.05, 3.63) is 105 Å². The molecule has 552 valence electrons. The van der Waals surface area contributed by atoms with Crippen molar-refractivity contribution < 1.29 is 28.4 Å². The summed E-state index contributed by atoms with van der Waals surface area (Å²) >= 11 is 6.06. The monoisotopic (exact) mass is 1430 g/mol. The summed E-state index contributed by atoms with van der Waals surface area (Å²) in [5, 5.41) is 39.0. The second-order valence-corrected chi connectivity index (χ2v) is 26.3. The lowest BCUT2D eigenvalue weighted by Crippen LogP contribution is -2.37. The van der Waals surface area contributed by atoms with E-state index in [1.165, 1.54) is 16.7 Å². The van der Waals surface area contributed by atoms with Gasteiger partial charge in [0.2, 0.25) is 0 Å². The Morgan fingerprint density at radius 1 is 0.505 bits per heavy atom. The van der Waals surface area contributed by atoms with E-state index in [-0.39, 0.29) is 24.2 Å². The van der Waals surface area contributed by atoms with Gasteiger partial charge in [0.15, 0.2) is 67.9 Å². The van der Waals surface area contributed by atoms with Gasteiger partial charge in [-0.15, -0.1) is 20.4 Å². The number of methoxy groups -OCH3 is 5. The Hall–Kier alpha value is -9.33. The minimum Gasteiger partial charge on any atom is -0.497 e. The minimum atomic E-state index is 0.0929. The highest BCUT2D eigenvalue weighted by Crippen LogP contribution is 2.35. The first-order valence-electron chi connectivity index (χ1n) is 34.9. The molecule has 4 unspecified atom stereocenters. The van der Waals surface area contributed by atoms with E-state index in [9.17, 15) is 0 Å². The van der Waals surface area contributed by atoms with E-state index in [0.29, 0.717) is 88.6 Å². The number of anilines is 5. The maximum absolute atomic E-state index is 6.06. The van der Waals surface area contributed by atoms with Crippen LogP contribution in [0.5, 0.6) is 5.75 Å². The fraction of sp³-hybridized carbons (Fsp3) is 0.528. The maximum atomic E-state index is 6.06. The molecular formula is C72H101ClN24O6. The molecule has 0 saturated carbocycles. The number of rotatable bonds is 25. The molecule has 0 amide bonds. The summed E-state index contributed by atoms with van der Waals surface area (Å²) in [6, 6.07) is 16.8. The number of aryl methyl sites for hydroxylation is 9. The van der Waals surface area contributed by atoms with Gasteiger partial charge in [-0.05, 0) is 159 Å². The van der Waals surface area contributed by atoms with Gasteiger partial charge >= 0.3 is 0 Å². The van der Waals surface area contributed by atoms with Gasteiger partial charge in [-0.3, -0.25) is 0 Å². The standard InChI is InChI=1S/C20H28N6O.C19H26N6O2.C17H21ClN6O.C16H26N6O2/c1-8-16(11-27-7)26-20-17(23-24-26)19(21-15(5)22-20)25(6)18-13(3)9-12(2)10-14(18)4;1-7-14(11-26-5)24(4)18-17-19(21-13(3)20-18)25(23-22-17)16-9-8-15(27-6)10-12(16)2;1-5-13(9-25-4)21-16-15-17(20-11(3)19-16)24(23-22-15)14-7-6-12(18)8-10(14)2;1-5-12(10-23-4)22-16-14(19-20-22)15(17-11(2)18-16)21(3)13-6-8-24-9-7-13/h9-10,16H,8,11H2,1-7H3;8-10,14H,7,11H2,1-6H3;6-8,13H,5,9H2,1-4H3,(H,19,20,21);12-13H,5-10H2,1-4H3. The van der Waals surface area contributed by atoms with Crippen LogP contribution in [0.25, 0.3) is 56.0 Å². The lowest BCUT2D eigenvalue weighted by atomic mass is 10.0. The Labute approximate surface area is 607 Å². The molecular weight excluding hydrogens is 1330 g/mol. The third-order valence-electron chi connectivity index (χ3n) is 18.3. The number of nitrogens with one attached hydrogen (secondary N) is 1. The van der Waals surface area contributed by atoms with Crippen LogP contribution in [0, 0.1) is 62.3 Å². The molecule has 1 N–H and O–H groups in total. The summed E-state index contributed by atoms with van der Waals surface area (Å²) in [5.74, 6) is 6.60. The highest BCUT2D eigenvalue weighted by molar-refractivity contribution is 6.30. The molecule has 0 bridgehead atoms. The largest absolute Gasteiger partial charge is 0.497 e. The first kappa shape index (κ1) is 77.8. The lowest BCUT2D eigenvalue weighted by molar-refractivity contribution is 0.0854. The molecule has 31 heteroatoms. The molecule has 9 heterocycles. The van der Waals surface area contributed by atoms with E-state index >= 15 is 0 Å². The molecule has 1 fully saturated rings. The molecule has 11 aromatic rings. The van der Waals surface area contributed by atoms with Crippen LogP contribution in [-0.4, -0.2) is 214 Å². The van der Waals surface area contributed by atoms with Gasteiger partial charge in [0, 0.05) is 79.5 Å². The molecule has 1 aliphatic rings. The number of aromatic nitrogens is 20. The van der Waals surface area contributed by atoms with Crippen molar-refractivity contribution in [2.24, 2.45) is 0 Å². The van der Waals surface area contributed by atoms with E-state index in [2.05, 4.69) is 164 Å². The Kier molecular flexibility index (Phi) is 27.0. The van der Waals surface area contributed by atoms with Crippen LogP contribution in [0.1, 0.15) is 129 Å². The maximum Gasteiger partial charge on any atom is 0.189 e. The van der Waals surface area contributed by atoms with Crippen LogP contribution in [0.4, 0.5) is 29.0 Å². The van der Waals surface area contributed by atoms with Gasteiger partial charge in [-0.25, -0.2) is 49.2 Å². The minimum absolute atomic E-state index is 0.0929. The number of halogens is 1. The normalized spacial score (nSPS) is 13.6. The average Bonchev–Trinajstić information content (AvgIpc) is 1.68. The predicted octanol–water partition coefficient (Wildman–Crippen LogP) is 11.6. The Bertz CT molecular complexity index is 4610. The Balaban J connectivity index is 0.000000160. The second-order valence-electron chi connectivity index (χ2n) is 25.9. The van der Waals surface area contributed by atoms with Crippen LogP contribution in [0.3, 0.4) is 0 Å². The van der Waals surface area contributed by atoms with E-state index in [1.807, 2.05) is 101 Å². The molecule has 103 heavy (non-hydrogen) atoms. The van der Waals surface area contributed by atoms with Crippen LogP contribution < -0.4 is 24.8 Å². The zero-order valence-corrected chi connectivity index (χ0v) is 64.4. The number of nitrogens with zero attached hydrogens (tertiary/aromatic N) is 23. The predicted molar refractivity (Wildman–Crippen MR) is 402 cm³/mol. The summed E-state index contributed by atoms with van der Waals surface area (Å²) in [6.07, 6.45) is 5.62. The van der Waals surface area contributed by atoms with Crippen molar-refractivity contribution in [2.45, 2.75) is 159 Å². The fourth-order valence-electron chi connectivity index (χ4n) is 12.9. The highest BCUT2D eigenvalue weighted by Gasteiger charge is 2.28. The molecule has 4 atom stereocenters. The topological polar surface area (TPSA) is 303 Å². The molecule has 8 aromatic heterocycles. The molecule has 0 spiro atoms. The van der Waals surface area contributed by atoms with Crippen molar-refractivity contribution >= 4 is 85.2 Å². The summed E-state index contributed by atoms with van der Waals surface area (Å²) < 4.78 is 39.2. The molecule has 1 aliphatic heterocycles. The van der Waals surface area contributed by atoms with Crippen molar-refractivity contribution in [3.8, 4) is 17.1 Å². The van der Waals surface area contributed by atoms with Gasteiger partial charge in [-0.1, -0.05) is 77.8 Å². The number of likely N-dealkylation sites (N-methyl/N-ethyl adjacent to an activating group) is 1. The molecule has 12 rings (SSSR count). The van der Waals surface area contributed by atoms with Gasteiger partial charge < -0.3 is 48.4 Å². The summed E-state index contributed by atoms with van der Waals surface area (Å²) in [4.78, 5) is 43.2. The molecule has 1 saturated heterocycles. The van der Waals surface area contributed by atoms with E-state index in [0.717, 1.165) is 126 Å². The van der Waals surface area contributed by atoms with E-state index in [4.69, 9.17) is 45.0 Å². The number of hydrogen-bond donors (Lipinski definition) is 1. The molecule has 0 aliphatic carbocycles. The fourth-order valence-corrected chi connectivity index (χ4v) is 13.1. The summed E-state index contributed by atoms with van der Waals surface area (Å²) in [7, 11) is 14.6. The molecule has 0 radical (unpaired) electrons. The SMILES string of the molecule is CCC(COC)N(C)c1nc(C)nc2c1nnn2-c1ccc(OC)cc1C.CCC(COC)Nc1nc(C)nc2c1nnn2-c1ccc(Cl)cc1C.CCC(COC)n1nnc2c(N(C)C3CCOCC3)nc(C)nc21.CCC(COC)n1nnc2c(N(C)c3c(C)cc(C)cc3C)nc(C)nc21. The first-order chi connectivity index (χ1) is 49.5. The quantitative estimate of drug-likeness (QED) is 0.0556. The van der Waals surface area contributed by atoms with Crippen molar-refractivity contribution in [3.63, 3.8) is 0 Å². The number of hydrogen-bond acceptors (Lipinski definition) is 26. The Morgan fingerprint density at radius 3 is 1.50 bits per heavy atom. The van der Waals surface area contributed by atoms with Crippen LogP contribution in [-0.2, 0) is 23.7 Å². The van der Waals surface area contributed by atoms with Crippen molar-refractivity contribution in [1.29, 1.82) is 0 Å². The average molecular weight is 1430 g/mol. The zero-order chi connectivity index (χ0) is 74.3. The highest BCUT2D eigenvalue weighted by atomic mass is 35.5. The van der Waals surface area contributed by atoms with Gasteiger partial charge in [0.05, 0.1) is 69.1 Å². The molecule has 3 aromatic carbocycles. The van der Waals surface area contributed by atoms with E-state index in [1.54, 1.807) is 44.9 Å². The zero-order valence-electron chi connectivity index (χ0n) is 63.6. The lowest BCUT2D eigenvalue weighted by Gasteiger charge is -2.32. The van der Waals surface area contributed by atoms with Crippen LogP contribution in [0.15, 0.2) is 48.5 Å². The Morgan fingerprint density at radius 2 is 0.981 bits per heavy atom. The second kappa shape index (κ2) is 35.7. The van der Waals surface area contributed by atoms with Gasteiger partial charge in [-0.2, -0.15) is 9.36 Å². The molecule has 30 nitrogen and oxygen atoms in total. The third-order valence-corrected chi connectivity index (χ3v) is 18.5. The van der Waals surface area contributed by atoms with Gasteiger partial charge in [0.1, 0.15) is 29.0 Å². The van der Waals surface area contributed by atoms with Crippen LogP contribution >= 0.6 is 11.6 Å². The number of ether oxygens (including phenoxy) is 6. The van der Waals surface area contributed by atoms with Gasteiger partial charge in [0.25, 0.3) is 0 Å². The van der Waals surface area contributed by atoms with Crippen molar-refractivity contribution in [1.82, 2.24) is 99.8 Å². The smallest absolute Gasteiger partial charge is 0.189 e. The number of benzene rings is 3.